The average Bonchev–Trinajstić information content (AvgIpc) is 3.08. The highest BCUT2D eigenvalue weighted by Gasteiger charge is 2.23. The van der Waals surface area contributed by atoms with Gasteiger partial charge in [-0.25, -0.2) is 14.8 Å². The van der Waals surface area contributed by atoms with E-state index in [0.717, 1.165) is 0 Å². The molecule has 0 spiro atoms. The van der Waals surface area contributed by atoms with Gasteiger partial charge in [-0.1, -0.05) is 18.2 Å². The summed E-state index contributed by atoms with van der Waals surface area (Å²) < 4.78 is 9.55. The number of anilines is 3. The van der Waals surface area contributed by atoms with Gasteiger partial charge in [-0.05, 0) is 48.7 Å². The summed E-state index contributed by atoms with van der Waals surface area (Å²) in [5.74, 6) is -2.02. The zero-order valence-electron chi connectivity index (χ0n) is 25.6. The molecule has 0 radical (unpaired) electrons. The van der Waals surface area contributed by atoms with Crippen LogP contribution in [0.15, 0.2) is 54.7 Å². The van der Waals surface area contributed by atoms with E-state index in [1.165, 1.54) is 37.4 Å². The first kappa shape index (κ1) is 33.7. The number of esters is 2. The van der Waals surface area contributed by atoms with Gasteiger partial charge in [-0.3, -0.25) is 19.2 Å². The summed E-state index contributed by atoms with van der Waals surface area (Å²) in [7, 11) is 2.48. The predicted octanol–water partition coefficient (Wildman–Crippen LogP) is 0.944. The molecule has 3 amide bonds. The zero-order valence-corrected chi connectivity index (χ0v) is 25.6. The molecule has 4 aromatic rings. The summed E-state index contributed by atoms with van der Waals surface area (Å²) in [5, 5.41) is 5.42. The quantitative estimate of drug-likeness (QED) is 0.0852. The second-order valence-corrected chi connectivity index (χ2v) is 10.1. The van der Waals surface area contributed by atoms with Crippen LogP contribution in [0.5, 0.6) is 0 Å². The van der Waals surface area contributed by atoms with Crippen molar-refractivity contribution in [2.75, 3.05) is 37.1 Å². The van der Waals surface area contributed by atoms with Crippen molar-refractivity contribution in [2.45, 2.75) is 31.8 Å². The highest BCUT2D eigenvalue weighted by atomic mass is 16.5. The highest BCUT2D eigenvalue weighted by Crippen LogP contribution is 2.19. The Balaban J connectivity index is 1.34. The molecule has 16 heteroatoms. The number of nitrogen functional groups attached to an aromatic ring is 2. The van der Waals surface area contributed by atoms with Crippen molar-refractivity contribution in [3.63, 3.8) is 0 Å². The number of carbonyl (C=O) groups excluding carboxylic acids is 5. The number of hydrogen-bond acceptors (Lipinski definition) is 13. The van der Waals surface area contributed by atoms with Crippen LogP contribution >= 0.6 is 0 Å². The van der Waals surface area contributed by atoms with Gasteiger partial charge < -0.3 is 36.5 Å². The Bertz CT molecular complexity index is 1780. The van der Waals surface area contributed by atoms with Crippen LogP contribution in [0.4, 0.5) is 17.5 Å². The maximum absolute atomic E-state index is 13.0. The zero-order chi connectivity index (χ0) is 33.9. The molecule has 0 unspecified atom stereocenters. The first-order valence-corrected chi connectivity index (χ1v) is 14.3. The Kier molecular flexibility index (Phi) is 11.3. The number of fused-ring (bicyclic) bond motifs is 1. The van der Waals surface area contributed by atoms with Crippen LogP contribution < -0.4 is 27.0 Å². The first-order valence-electron chi connectivity index (χ1n) is 14.3. The monoisotopic (exact) mass is 643 g/mol. The third-order valence-electron chi connectivity index (χ3n) is 6.99. The number of aromatic nitrogens is 4. The molecular formula is C31H33N9O7. The van der Waals surface area contributed by atoms with Gasteiger partial charge in [0.25, 0.3) is 11.8 Å². The Morgan fingerprint density at radius 1 is 0.957 bits per heavy atom. The van der Waals surface area contributed by atoms with E-state index in [-0.39, 0.29) is 60.3 Å². The molecule has 0 fully saturated rings. The lowest BCUT2D eigenvalue weighted by Gasteiger charge is -2.19. The van der Waals surface area contributed by atoms with E-state index in [4.69, 9.17) is 20.9 Å². The van der Waals surface area contributed by atoms with Gasteiger partial charge in [0.2, 0.25) is 12.4 Å². The van der Waals surface area contributed by atoms with Crippen molar-refractivity contribution in [2.24, 2.45) is 0 Å². The Morgan fingerprint density at radius 2 is 1.70 bits per heavy atom. The second kappa shape index (κ2) is 15.7. The van der Waals surface area contributed by atoms with Crippen molar-refractivity contribution in [1.29, 1.82) is 0 Å². The largest absolute Gasteiger partial charge is 0.469 e. The highest BCUT2D eigenvalue weighted by molar-refractivity contribution is 5.98. The maximum Gasteiger partial charge on any atom is 0.328 e. The van der Waals surface area contributed by atoms with Crippen LogP contribution in [0.25, 0.3) is 11.2 Å². The van der Waals surface area contributed by atoms with Gasteiger partial charge in [-0.2, -0.15) is 9.97 Å². The number of carbonyl (C=O) groups is 5. The van der Waals surface area contributed by atoms with Gasteiger partial charge in [0.1, 0.15) is 6.04 Å². The number of nitrogens with two attached hydrogens (primary N) is 2. The number of methoxy groups -OCH3 is 2. The summed E-state index contributed by atoms with van der Waals surface area (Å²) in [4.78, 5) is 79.6. The fourth-order valence-electron chi connectivity index (χ4n) is 4.59. The fourth-order valence-corrected chi connectivity index (χ4v) is 4.59. The van der Waals surface area contributed by atoms with E-state index in [1.54, 1.807) is 36.4 Å². The fraction of sp³-hybridized carbons (Fsp3) is 0.258. The molecule has 16 nitrogen and oxygen atoms in total. The number of hydrogen-bond donors (Lipinski definition) is 4. The molecule has 6 N–H and O–H groups in total. The second-order valence-electron chi connectivity index (χ2n) is 10.1. The van der Waals surface area contributed by atoms with Gasteiger partial charge in [-0.15, -0.1) is 0 Å². The van der Waals surface area contributed by atoms with E-state index >= 15 is 0 Å². The van der Waals surface area contributed by atoms with E-state index in [1.807, 2.05) is 0 Å². The standard InChI is InChI=1S/C31H33N9O7/c1-46-24(42)14-19-6-3-4-7-22(19)29(44)34-13-5-8-23(30(45)47-2)37-28(43)18-9-11-21(12-10-18)40(17-41)16-20-15-35-27-25(36-20)26(32)38-31(33)39-27/h3-4,6-7,9-12,15,17,23H,5,8,13-14,16H2,1-2H3,(H,34,44)(H,37,43)(H4,32,33,35,38,39)/t23-/m0/s1. The molecule has 0 aliphatic carbocycles. The minimum atomic E-state index is -0.986. The lowest BCUT2D eigenvalue weighted by molar-refractivity contribution is -0.143. The summed E-state index contributed by atoms with van der Waals surface area (Å²) >= 11 is 0. The normalized spacial score (nSPS) is 11.3. The lowest BCUT2D eigenvalue weighted by Crippen LogP contribution is -2.42. The van der Waals surface area contributed by atoms with Crippen molar-refractivity contribution >= 4 is 58.8 Å². The minimum absolute atomic E-state index is 0.0332. The molecule has 1 atom stereocenters. The minimum Gasteiger partial charge on any atom is -0.469 e. The number of amides is 3. The predicted molar refractivity (Wildman–Crippen MR) is 170 cm³/mol. The Labute approximate surface area is 268 Å². The summed E-state index contributed by atoms with van der Waals surface area (Å²) in [6, 6.07) is 11.8. The molecule has 0 aliphatic rings. The molecule has 0 saturated carbocycles. The number of benzene rings is 2. The van der Waals surface area contributed by atoms with Crippen LogP contribution in [0, 0.1) is 0 Å². The smallest absolute Gasteiger partial charge is 0.328 e. The SMILES string of the molecule is COC(=O)Cc1ccccc1C(=O)NCCC[C@H](NC(=O)c1ccc(N(C=O)Cc2cnc3nc(N)nc(N)c3n2)cc1)C(=O)OC. The summed E-state index contributed by atoms with van der Waals surface area (Å²) in [6.45, 7) is 0.236. The summed E-state index contributed by atoms with van der Waals surface area (Å²) in [5.41, 5.74) is 13.9. The van der Waals surface area contributed by atoms with Gasteiger partial charge in [0.05, 0.1) is 39.1 Å². The third-order valence-corrected chi connectivity index (χ3v) is 6.99. The topological polar surface area (TPSA) is 235 Å². The molecule has 2 heterocycles. The average molecular weight is 644 g/mol. The number of nitrogens with one attached hydrogen (secondary N) is 2. The molecule has 0 saturated heterocycles. The number of nitrogens with zero attached hydrogens (tertiary/aromatic N) is 5. The first-order chi connectivity index (χ1) is 22.6. The van der Waals surface area contributed by atoms with Crippen molar-refractivity contribution in [3.05, 3.63) is 77.1 Å². The van der Waals surface area contributed by atoms with Crippen LogP contribution in [0.1, 0.15) is 44.8 Å². The van der Waals surface area contributed by atoms with Crippen LogP contribution in [0.3, 0.4) is 0 Å². The van der Waals surface area contributed by atoms with Crippen LogP contribution in [-0.2, 0) is 36.8 Å². The molecule has 0 bridgehead atoms. The van der Waals surface area contributed by atoms with Gasteiger partial charge >= 0.3 is 11.9 Å². The molecule has 47 heavy (non-hydrogen) atoms. The van der Waals surface area contributed by atoms with Crippen LogP contribution in [-0.4, -0.2) is 76.9 Å². The molecule has 2 aromatic heterocycles. The van der Waals surface area contributed by atoms with Crippen molar-refractivity contribution in [3.8, 4) is 0 Å². The summed E-state index contributed by atoms with van der Waals surface area (Å²) in [6.07, 6.45) is 2.50. The van der Waals surface area contributed by atoms with Gasteiger partial charge in [0, 0.05) is 23.4 Å². The molecule has 4 rings (SSSR count). The van der Waals surface area contributed by atoms with E-state index in [9.17, 15) is 24.0 Å². The molecule has 244 valence electrons. The number of rotatable bonds is 14. The van der Waals surface area contributed by atoms with Crippen molar-refractivity contribution < 1.29 is 33.4 Å². The van der Waals surface area contributed by atoms with E-state index in [0.29, 0.717) is 35.3 Å². The Morgan fingerprint density at radius 3 is 2.40 bits per heavy atom. The third kappa shape index (κ3) is 8.72. The van der Waals surface area contributed by atoms with E-state index in [2.05, 4.69) is 30.6 Å². The Hall–Kier alpha value is -6.19. The van der Waals surface area contributed by atoms with Crippen molar-refractivity contribution in [1.82, 2.24) is 30.6 Å². The van der Waals surface area contributed by atoms with Crippen LogP contribution in [0.2, 0.25) is 0 Å². The molecule has 0 aliphatic heterocycles. The molecule has 2 aromatic carbocycles. The lowest BCUT2D eigenvalue weighted by atomic mass is 10.0. The number of ether oxygens (including phenoxy) is 2. The van der Waals surface area contributed by atoms with Gasteiger partial charge in [0.15, 0.2) is 17.0 Å². The maximum atomic E-state index is 13.0. The molecular weight excluding hydrogens is 610 g/mol. The van der Waals surface area contributed by atoms with E-state index < -0.39 is 23.9 Å².